The van der Waals surface area contributed by atoms with Gasteiger partial charge in [0.15, 0.2) is 0 Å². The maximum atomic E-state index is 6.12. The second-order valence-corrected chi connectivity index (χ2v) is 4.54. The third-order valence-corrected chi connectivity index (χ3v) is 3.37. The summed E-state index contributed by atoms with van der Waals surface area (Å²) in [4.78, 5) is 0. The first kappa shape index (κ1) is 10.0. The fourth-order valence-corrected chi connectivity index (χ4v) is 2.41. The smallest absolute Gasteiger partial charge is 0.0406 e. The van der Waals surface area contributed by atoms with Gasteiger partial charge in [-0.2, -0.15) is 0 Å². The van der Waals surface area contributed by atoms with Gasteiger partial charge in [0.2, 0.25) is 0 Å². The molecule has 1 aromatic rings. The average molecular weight is 210 g/mol. The van der Waals surface area contributed by atoms with Crippen LogP contribution < -0.4 is 5.73 Å². The van der Waals surface area contributed by atoms with E-state index in [1.807, 2.05) is 12.1 Å². The van der Waals surface area contributed by atoms with Crippen molar-refractivity contribution in [3.05, 3.63) is 34.9 Å². The highest BCUT2D eigenvalue weighted by molar-refractivity contribution is 6.30. The van der Waals surface area contributed by atoms with Crippen LogP contribution in [0, 0.1) is 0 Å². The lowest BCUT2D eigenvalue weighted by molar-refractivity contribution is 0.385. The topological polar surface area (TPSA) is 26.0 Å². The molecule has 76 valence electrons. The molecule has 0 aromatic heterocycles. The molecular weight excluding hydrogens is 194 g/mol. The van der Waals surface area contributed by atoms with Crippen molar-refractivity contribution in [3.8, 4) is 0 Å². The van der Waals surface area contributed by atoms with E-state index >= 15 is 0 Å². The Morgan fingerprint density at radius 1 is 1.07 bits per heavy atom. The van der Waals surface area contributed by atoms with E-state index in [1.165, 1.54) is 24.8 Å². The summed E-state index contributed by atoms with van der Waals surface area (Å²) in [6.07, 6.45) is 4.97. The van der Waals surface area contributed by atoms with Crippen LogP contribution in [0.4, 0.5) is 0 Å². The zero-order valence-corrected chi connectivity index (χ0v) is 9.00. The molecule has 0 unspecified atom stereocenters. The molecule has 14 heavy (non-hydrogen) atoms. The zero-order chi connectivity index (χ0) is 9.97. The molecule has 1 aliphatic rings. The van der Waals surface area contributed by atoms with E-state index in [4.69, 9.17) is 17.3 Å². The van der Waals surface area contributed by atoms with Gasteiger partial charge in [-0.15, -0.1) is 0 Å². The molecule has 1 aliphatic carbocycles. The fraction of sp³-hybridized carbons (Fsp3) is 0.500. The van der Waals surface area contributed by atoms with Crippen LogP contribution in [-0.2, 0) is 0 Å². The largest absolute Gasteiger partial charge is 0.327 e. The van der Waals surface area contributed by atoms with Crippen LogP contribution in [0.3, 0.4) is 0 Å². The van der Waals surface area contributed by atoms with Gasteiger partial charge in [0.05, 0.1) is 0 Å². The standard InChI is InChI=1S/C12H16ClN/c13-10-7-5-9(6-8-10)11-3-1-2-4-12(11)14/h5-8,11-12H,1-4,14H2/t11-,12+/m0/s1. The van der Waals surface area contributed by atoms with Crippen molar-refractivity contribution in [3.63, 3.8) is 0 Å². The third-order valence-electron chi connectivity index (χ3n) is 3.12. The van der Waals surface area contributed by atoms with Crippen LogP contribution in [0.1, 0.15) is 37.2 Å². The van der Waals surface area contributed by atoms with E-state index in [1.54, 1.807) is 0 Å². The van der Waals surface area contributed by atoms with E-state index in [0.29, 0.717) is 12.0 Å². The Kier molecular flexibility index (Phi) is 3.09. The maximum absolute atomic E-state index is 6.12. The van der Waals surface area contributed by atoms with Crippen molar-refractivity contribution < 1.29 is 0 Å². The van der Waals surface area contributed by atoms with Gasteiger partial charge in [0.25, 0.3) is 0 Å². The molecule has 2 atom stereocenters. The van der Waals surface area contributed by atoms with Crippen molar-refractivity contribution in [1.82, 2.24) is 0 Å². The van der Waals surface area contributed by atoms with Crippen LogP contribution in [0.25, 0.3) is 0 Å². The molecule has 0 aliphatic heterocycles. The lowest BCUT2D eigenvalue weighted by Gasteiger charge is -2.28. The van der Waals surface area contributed by atoms with Crippen molar-refractivity contribution in [2.75, 3.05) is 0 Å². The molecule has 1 fully saturated rings. The van der Waals surface area contributed by atoms with Crippen LogP contribution in [0.15, 0.2) is 24.3 Å². The van der Waals surface area contributed by atoms with Crippen molar-refractivity contribution in [1.29, 1.82) is 0 Å². The summed E-state index contributed by atoms with van der Waals surface area (Å²) in [6, 6.07) is 8.47. The zero-order valence-electron chi connectivity index (χ0n) is 8.25. The van der Waals surface area contributed by atoms with Gasteiger partial charge >= 0.3 is 0 Å². The molecule has 0 saturated heterocycles. The van der Waals surface area contributed by atoms with Crippen molar-refractivity contribution in [2.24, 2.45) is 5.73 Å². The highest BCUT2D eigenvalue weighted by Crippen LogP contribution is 2.32. The molecule has 1 nitrogen and oxygen atoms in total. The summed E-state index contributed by atoms with van der Waals surface area (Å²) < 4.78 is 0. The summed E-state index contributed by atoms with van der Waals surface area (Å²) in [5.41, 5.74) is 7.46. The number of hydrogen-bond acceptors (Lipinski definition) is 1. The molecule has 2 rings (SSSR count). The third kappa shape index (κ3) is 2.10. The summed E-state index contributed by atoms with van der Waals surface area (Å²) in [5, 5.41) is 0.804. The quantitative estimate of drug-likeness (QED) is 0.755. The van der Waals surface area contributed by atoms with Gasteiger partial charge in [-0.3, -0.25) is 0 Å². The van der Waals surface area contributed by atoms with Gasteiger partial charge in [0.1, 0.15) is 0 Å². The van der Waals surface area contributed by atoms with Gasteiger partial charge < -0.3 is 5.73 Å². The second-order valence-electron chi connectivity index (χ2n) is 4.11. The van der Waals surface area contributed by atoms with Crippen LogP contribution >= 0.6 is 11.6 Å². The van der Waals surface area contributed by atoms with Crippen LogP contribution in [0.5, 0.6) is 0 Å². The first-order chi connectivity index (χ1) is 6.77. The van der Waals surface area contributed by atoms with Crippen molar-refractivity contribution >= 4 is 11.6 Å². The van der Waals surface area contributed by atoms with Gasteiger partial charge in [-0.05, 0) is 36.5 Å². The lowest BCUT2D eigenvalue weighted by atomic mass is 9.80. The molecule has 1 saturated carbocycles. The normalized spacial score (nSPS) is 27.6. The van der Waals surface area contributed by atoms with Crippen LogP contribution in [0.2, 0.25) is 5.02 Å². The van der Waals surface area contributed by atoms with Gasteiger partial charge in [0, 0.05) is 11.1 Å². The number of hydrogen-bond donors (Lipinski definition) is 1. The minimum atomic E-state index is 0.338. The van der Waals surface area contributed by atoms with E-state index in [0.717, 1.165) is 11.4 Å². The highest BCUT2D eigenvalue weighted by atomic mass is 35.5. The molecule has 0 spiro atoms. The van der Waals surface area contributed by atoms with E-state index in [9.17, 15) is 0 Å². The van der Waals surface area contributed by atoms with E-state index in [2.05, 4.69) is 12.1 Å². The Morgan fingerprint density at radius 3 is 2.36 bits per heavy atom. The molecule has 1 aromatic carbocycles. The summed E-state index contributed by atoms with van der Waals surface area (Å²) in [5.74, 6) is 0.543. The monoisotopic (exact) mass is 209 g/mol. The average Bonchev–Trinajstić information content (AvgIpc) is 2.20. The second kappa shape index (κ2) is 4.33. The van der Waals surface area contributed by atoms with E-state index in [-0.39, 0.29) is 0 Å². The molecule has 0 heterocycles. The summed E-state index contributed by atoms with van der Waals surface area (Å²) >= 11 is 5.86. The molecule has 2 heteroatoms. The minimum Gasteiger partial charge on any atom is -0.327 e. The van der Waals surface area contributed by atoms with Gasteiger partial charge in [-0.25, -0.2) is 0 Å². The van der Waals surface area contributed by atoms with Crippen molar-refractivity contribution in [2.45, 2.75) is 37.6 Å². The molecule has 0 radical (unpaired) electrons. The lowest BCUT2D eigenvalue weighted by Crippen LogP contribution is -2.31. The summed E-state index contributed by atoms with van der Waals surface area (Å²) in [7, 11) is 0. The maximum Gasteiger partial charge on any atom is 0.0406 e. The molecular formula is C12H16ClN. The molecule has 2 N–H and O–H groups in total. The van der Waals surface area contributed by atoms with E-state index < -0.39 is 0 Å². The Hall–Kier alpha value is -0.530. The Bertz CT molecular complexity index is 294. The number of rotatable bonds is 1. The number of benzene rings is 1. The Morgan fingerprint density at radius 2 is 1.71 bits per heavy atom. The first-order valence-electron chi connectivity index (χ1n) is 5.28. The minimum absolute atomic E-state index is 0.338. The molecule has 0 amide bonds. The number of halogens is 1. The van der Waals surface area contributed by atoms with Gasteiger partial charge in [-0.1, -0.05) is 36.6 Å². The predicted octanol–water partition coefficient (Wildman–Crippen LogP) is 3.32. The van der Waals surface area contributed by atoms with Crippen LogP contribution in [-0.4, -0.2) is 6.04 Å². The fourth-order valence-electron chi connectivity index (χ4n) is 2.28. The first-order valence-corrected chi connectivity index (χ1v) is 5.66. The highest BCUT2D eigenvalue weighted by Gasteiger charge is 2.22. The molecule has 0 bridgehead atoms. The summed E-state index contributed by atoms with van der Waals surface area (Å²) in [6.45, 7) is 0. The number of nitrogens with two attached hydrogens (primary N) is 1. The Labute approximate surface area is 90.3 Å². The SMILES string of the molecule is N[C@@H]1CCCC[C@H]1c1ccc(Cl)cc1. The Balaban J connectivity index is 2.16. The predicted molar refractivity (Wildman–Crippen MR) is 60.6 cm³/mol.